The first kappa shape index (κ1) is 12.0. The Morgan fingerprint density at radius 3 is 2.67 bits per heavy atom. The van der Waals surface area contributed by atoms with Gasteiger partial charge in [-0.2, -0.15) is 0 Å². The van der Waals surface area contributed by atoms with E-state index in [9.17, 15) is 4.79 Å². The number of carbonyl (C=O) groups is 1. The SMILES string of the molecule is C=CC(=O)NCc1ccc(-c2cnccn2)cc1. The van der Waals surface area contributed by atoms with Crippen LogP contribution in [0.3, 0.4) is 0 Å². The molecule has 4 nitrogen and oxygen atoms in total. The minimum absolute atomic E-state index is 0.173. The minimum Gasteiger partial charge on any atom is -0.348 e. The van der Waals surface area contributed by atoms with Crippen LogP contribution in [0.1, 0.15) is 5.56 Å². The summed E-state index contributed by atoms with van der Waals surface area (Å²) in [4.78, 5) is 19.3. The number of hydrogen-bond donors (Lipinski definition) is 1. The molecule has 0 unspecified atom stereocenters. The monoisotopic (exact) mass is 239 g/mol. The maximum Gasteiger partial charge on any atom is 0.243 e. The van der Waals surface area contributed by atoms with Crippen molar-refractivity contribution in [1.29, 1.82) is 0 Å². The standard InChI is InChI=1S/C14H13N3O/c1-2-14(18)17-9-11-3-5-12(6-4-11)13-10-15-7-8-16-13/h2-8,10H,1,9H2,(H,17,18). The summed E-state index contributed by atoms with van der Waals surface area (Å²) in [6.45, 7) is 3.89. The fourth-order valence-corrected chi connectivity index (χ4v) is 1.50. The lowest BCUT2D eigenvalue weighted by atomic mass is 10.1. The molecule has 1 aromatic carbocycles. The third-order valence-electron chi connectivity index (χ3n) is 2.47. The molecule has 0 bridgehead atoms. The lowest BCUT2D eigenvalue weighted by Crippen LogP contribution is -2.19. The molecular weight excluding hydrogens is 226 g/mol. The van der Waals surface area contributed by atoms with Crippen molar-refractivity contribution in [2.24, 2.45) is 0 Å². The molecule has 1 aromatic heterocycles. The predicted octanol–water partition coefficient (Wildman–Crippen LogP) is 1.95. The molecule has 0 saturated heterocycles. The van der Waals surface area contributed by atoms with Crippen molar-refractivity contribution in [1.82, 2.24) is 15.3 Å². The summed E-state index contributed by atoms with van der Waals surface area (Å²) in [7, 11) is 0. The van der Waals surface area contributed by atoms with E-state index in [-0.39, 0.29) is 5.91 Å². The molecule has 0 atom stereocenters. The van der Waals surface area contributed by atoms with E-state index < -0.39 is 0 Å². The molecule has 0 aliphatic rings. The summed E-state index contributed by atoms with van der Waals surface area (Å²) < 4.78 is 0. The Bertz CT molecular complexity index is 535. The van der Waals surface area contributed by atoms with Crippen LogP contribution in [0.2, 0.25) is 0 Å². The molecule has 2 rings (SSSR count). The van der Waals surface area contributed by atoms with Crippen molar-refractivity contribution in [3.8, 4) is 11.3 Å². The summed E-state index contributed by atoms with van der Waals surface area (Å²) >= 11 is 0. The molecule has 1 amide bonds. The van der Waals surface area contributed by atoms with E-state index in [1.807, 2.05) is 24.3 Å². The van der Waals surface area contributed by atoms with Crippen molar-refractivity contribution in [2.45, 2.75) is 6.54 Å². The van der Waals surface area contributed by atoms with E-state index in [1.54, 1.807) is 18.6 Å². The van der Waals surface area contributed by atoms with Crippen LogP contribution in [0.25, 0.3) is 11.3 Å². The van der Waals surface area contributed by atoms with E-state index in [2.05, 4.69) is 21.9 Å². The summed E-state index contributed by atoms with van der Waals surface area (Å²) in [6.07, 6.45) is 6.28. The largest absolute Gasteiger partial charge is 0.348 e. The summed E-state index contributed by atoms with van der Waals surface area (Å²) in [6, 6.07) is 7.82. The van der Waals surface area contributed by atoms with E-state index >= 15 is 0 Å². The van der Waals surface area contributed by atoms with E-state index in [1.165, 1.54) is 6.08 Å². The van der Waals surface area contributed by atoms with E-state index in [4.69, 9.17) is 0 Å². The second-order valence-corrected chi connectivity index (χ2v) is 3.71. The van der Waals surface area contributed by atoms with Gasteiger partial charge in [0.15, 0.2) is 0 Å². The van der Waals surface area contributed by atoms with Gasteiger partial charge in [0.05, 0.1) is 11.9 Å². The van der Waals surface area contributed by atoms with Gasteiger partial charge in [0, 0.05) is 24.5 Å². The van der Waals surface area contributed by atoms with Gasteiger partial charge in [0.2, 0.25) is 5.91 Å². The van der Waals surface area contributed by atoms with Gasteiger partial charge in [-0.15, -0.1) is 0 Å². The fraction of sp³-hybridized carbons (Fsp3) is 0.0714. The van der Waals surface area contributed by atoms with Crippen LogP contribution in [0, 0.1) is 0 Å². The Labute approximate surface area is 105 Å². The molecule has 0 saturated carbocycles. The zero-order chi connectivity index (χ0) is 12.8. The molecule has 0 aliphatic carbocycles. The lowest BCUT2D eigenvalue weighted by molar-refractivity contribution is -0.116. The minimum atomic E-state index is -0.173. The number of amides is 1. The Balaban J connectivity index is 2.06. The normalized spacial score (nSPS) is 9.78. The quantitative estimate of drug-likeness (QED) is 0.830. The van der Waals surface area contributed by atoms with Crippen LogP contribution in [-0.4, -0.2) is 15.9 Å². The molecule has 0 fully saturated rings. The Kier molecular flexibility index (Phi) is 3.81. The highest BCUT2D eigenvalue weighted by molar-refractivity contribution is 5.86. The van der Waals surface area contributed by atoms with Gasteiger partial charge in [-0.05, 0) is 11.6 Å². The average molecular weight is 239 g/mol. The van der Waals surface area contributed by atoms with Crippen LogP contribution in [0.5, 0.6) is 0 Å². The van der Waals surface area contributed by atoms with Crippen LogP contribution < -0.4 is 5.32 Å². The van der Waals surface area contributed by atoms with Crippen molar-refractivity contribution in [3.63, 3.8) is 0 Å². The molecule has 18 heavy (non-hydrogen) atoms. The van der Waals surface area contributed by atoms with Crippen molar-refractivity contribution in [3.05, 3.63) is 61.1 Å². The maximum absolute atomic E-state index is 11.0. The predicted molar refractivity (Wildman–Crippen MR) is 69.5 cm³/mol. The van der Waals surface area contributed by atoms with Gasteiger partial charge in [0.1, 0.15) is 0 Å². The lowest BCUT2D eigenvalue weighted by Gasteiger charge is -2.04. The number of benzene rings is 1. The summed E-state index contributed by atoms with van der Waals surface area (Å²) in [5.74, 6) is -0.173. The van der Waals surface area contributed by atoms with Crippen LogP contribution in [-0.2, 0) is 11.3 Å². The first-order valence-electron chi connectivity index (χ1n) is 5.55. The van der Waals surface area contributed by atoms with Crippen LogP contribution in [0.4, 0.5) is 0 Å². The van der Waals surface area contributed by atoms with Crippen molar-refractivity contribution in [2.75, 3.05) is 0 Å². The third-order valence-corrected chi connectivity index (χ3v) is 2.47. The highest BCUT2D eigenvalue weighted by Crippen LogP contribution is 2.15. The van der Waals surface area contributed by atoms with Gasteiger partial charge < -0.3 is 5.32 Å². The number of carbonyl (C=O) groups excluding carboxylic acids is 1. The van der Waals surface area contributed by atoms with Crippen LogP contribution >= 0.6 is 0 Å². The van der Waals surface area contributed by atoms with Crippen molar-refractivity contribution >= 4 is 5.91 Å². The molecule has 4 heteroatoms. The number of nitrogens with zero attached hydrogens (tertiary/aromatic N) is 2. The van der Waals surface area contributed by atoms with Gasteiger partial charge in [-0.25, -0.2) is 0 Å². The van der Waals surface area contributed by atoms with Gasteiger partial charge in [0.25, 0.3) is 0 Å². The average Bonchev–Trinajstić information content (AvgIpc) is 2.46. The Morgan fingerprint density at radius 1 is 1.28 bits per heavy atom. The van der Waals surface area contributed by atoms with Crippen molar-refractivity contribution < 1.29 is 4.79 Å². The summed E-state index contributed by atoms with van der Waals surface area (Å²) in [5, 5.41) is 2.72. The smallest absolute Gasteiger partial charge is 0.243 e. The number of aromatic nitrogens is 2. The fourth-order valence-electron chi connectivity index (χ4n) is 1.50. The number of rotatable bonds is 4. The topological polar surface area (TPSA) is 54.9 Å². The first-order chi connectivity index (χ1) is 8.79. The molecule has 90 valence electrons. The Morgan fingerprint density at radius 2 is 2.06 bits per heavy atom. The number of nitrogens with one attached hydrogen (secondary N) is 1. The molecular formula is C14H13N3O. The molecule has 0 spiro atoms. The van der Waals surface area contributed by atoms with Crippen LogP contribution in [0.15, 0.2) is 55.5 Å². The molecule has 1 N–H and O–H groups in total. The summed E-state index contributed by atoms with van der Waals surface area (Å²) in [5.41, 5.74) is 2.86. The molecule has 0 radical (unpaired) electrons. The number of hydrogen-bond acceptors (Lipinski definition) is 3. The maximum atomic E-state index is 11.0. The highest BCUT2D eigenvalue weighted by Gasteiger charge is 2.00. The highest BCUT2D eigenvalue weighted by atomic mass is 16.1. The zero-order valence-corrected chi connectivity index (χ0v) is 9.84. The van der Waals surface area contributed by atoms with E-state index in [0.29, 0.717) is 6.54 Å². The second-order valence-electron chi connectivity index (χ2n) is 3.71. The zero-order valence-electron chi connectivity index (χ0n) is 9.84. The van der Waals surface area contributed by atoms with Gasteiger partial charge in [-0.3, -0.25) is 14.8 Å². The second kappa shape index (κ2) is 5.72. The molecule has 2 aromatic rings. The van der Waals surface area contributed by atoms with Gasteiger partial charge in [-0.1, -0.05) is 30.8 Å². The van der Waals surface area contributed by atoms with E-state index in [0.717, 1.165) is 16.8 Å². The molecule has 1 heterocycles. The van der Waals surface area contributed by atoms with Gasteiger partial charge >= 0.3 is 0 Å². The third kappa shape index (κ3) is 3.01. The Hall–Kier alpha value is -2.49. The molecule has 0 aliphatic heterocycles. The first-order valence-corrected chi connectivity index (χ1v) is 5.55.